The highest BCUT2D eigenvalue weighted by molar-refractivity contribution is 6.30. The Bertz CT molecular complexity index is 409. The zero-order valence-corrected chi connectivity index (χ0v) is 9.02. The number of alkyl halides is 1. The zero-order valence-electron chi connectivity index (χ0n) is 8.27. The molecule has 0 saturated heterocycles. The van der Waals surface area contributed by atoms with Gasteiger partial charge < -0.3 is 4.74 Å². The minimum Gasteiger partial charge on any atom is -0.468 e. The third-order valence-corrected chi connectivity index (χ3v) is 2.26. The number of halogens is 4. The Kier molecular flexibility index (Phi) is 4.18. The molecule has 0 aliphatic rings. The van der Waals surface area contributed by atoms with Crippen molar-refractivity contribution in [3.8, 4) is 0 Å². The van der Waals surface area contributed by atoms with Crippen LogP contribution in [0.4, 0.5) is 13.2 Å². The second kappa shape index (κ2) is 5.21. The van der Waals surface area contributed by atoms with Gasteiger partial charge in [-0.1, -0.05) is 0 Å². The molecule has 0 bridgehead atoms. The smallest absolute Gasteiger partial charge is 0.324 e. The van der Waals surface area contributed by atoms with Crippen LogP contribution in [0.15, 0.2) is 12.1 Å². The Morgan fingerprint density at radius 3 is 2.62 bits per heavy atom. The minimum atomic E-state index is -1.32. The van der Waals surface area contributed by atoms with Gasteiger partial charge in [0.05, 0.1) is 7.11 Å². The number of carbonyl (C=O) groups is 1. The molecule has 1 aromatic carbocycles. The SMILES string of the molecule is COC(=O)C(Cl)Cc1cc(F)cc(F)c1F. The van der Waals surface area contributed by atoms with Crippen LogP contribution < -0.4 is 0 Å². The molecule has 0 aromatic heterocycles. The number of benzene rings is 1. The second-order valence-corrected chi connectivity index (χ2v) is 3.58. The highest BCUT2D eigenvalue weighted by atomic mass is 35.5. The number of carbonyl (C=O) groups excluding carboxylic acids is 1. The predicted octanol–water partition coefficient (Wildman–Crippen LogP) is 2.43. The highest BCUT2D eigenvalue weighted by Gasteiger charge is 2.20. The molecule has 88 valence electrons. The lowest BCUT2D eigenvalue weighted by atomic mass is 10.1. The maximum atomic E-state index is 13.2. The third kappa shape index (κ3) is 2.88. The molecule has 0 N–H and O–H groups in total. The van der Waals surface area contributed by atoms with Crippen LogP contribution in [0.5, 0.6) is 0 Å². The second-order valence-electron chi connectivity index (χ2n) is 3.06. The van der Waals surface area contributed by atoms with Gasteiger partial charge in [-0.3, -0.25) is 4.79 Å². The van der Waals surface area contributed by atoms with Gasteiger partial charge in [0.15, 0.2) is 11.6 Å². The van der Waals surface area contributed by atoms with Crippen molar-refractivity contribution in [3.63, 3.8) is 0 Å². The largest absolute Gasteiger partial charge is 0.468 e. The van der Waals surface area contributed by atoms with Gasteiger partial charge >= 0.3 is 5.97 Å². The van der Waals surface area contributed by atoms with Crippen LogP contribution >= 0.6 is 11.6 Å². The molecule has 0 aliphatic carbocycles. The van der Waals surface area contributed by atoms with Crippen molar-refractivity contribution in [1.29, 1.82) is 0 Å². The van der Waals surface area contributed by atoms with E-state index in [0.717, 1.165) is 13.2 Å². The third-order valence-electron chi connectivity index (χ3n) is 1.92. The Labute approximate surface area is 95.0 Å². The molecule has 1 atom stereocenters. The molecule has 6 heteroatoms. The highest BCUT2D eigenvalue weighted by Crippen LogP contribution is 2.18. The van der Waals surface area contributed by atoms with Gasteiger partial charge in [0, 0.05) is 12.5 Å². The number of rotatable bonds is 3. The van der Waals surface area contributed by atoms with E-state index in [0.29, 0.717) is 6.07 Å². The van der Waals surface area contributed by atoms with Crippen molar-refractivity contribution in [3.05, 3.63) is 35.1 Å². The van der Waals surface area contributed by atoms with Crippen molar-refractivity contribution in [1.82, 2.24) is 0 Å². The lowest BCUT2D eigenvalue weighted by Crippen LogP contribution is -2.19. The van der Waals surface area contributed by atoms with Crippen molar-refractivity contribution in [2.75, 3.05) is 7.11 Å². The summed E-state index contributed by atoms with van der Waals surface area (Å²) in [5.41, 5.74) is -0.303. The molecule has 0 heterocycles. The molecule has 0 spiro atoms. The maximum absolute atomic E-state index is 13.2. The summed E-state index contributed by atoms with van der Waals surface area (Å²) in [6, 6.07) is 1.21. The fraction of sp³-hybridized carbons (Fsp3) is 0.300. The summed E-state index contributed by atoms with van der Waals surface area (Å²) in [6.45, 7) is 0. The van der Waals surface area contributed by atoms with Crippen LogP contribution in [0, 0.1) is 17.5 Å². The van der Waals surface area contributed by atoms with Gasteiger partial charge in [0.2, 0.25) is 0 Å². The fourth-order valence-corrected chi connectivity index (χ4v) is 1.42. The topological polar surface area (TPSA) is 26.3 Å². The van der Waals surface area contributed by atoms with Crippen LogP contribution in [0.2, 0.25) is 0 Å². The summed E-state index contributed by atoms with van der Waals surface area (Å²) in [7, 11) is 1.11. The summed E-state index contributed by atoms with van der Waals surface area (Å²) in [4.78, 5) is 10.9. The molecule has 0 amide bonds. The molecule has 1 rings (SSSR count). The summed E-state index contributed by atoms with van der Waals surface area (Å²) in [6.07, 6.45) is -0.339. The van der Waals surface area contributed by atoms with Gasteiger partial charge in [0.1, 0.15) is 11.2 Å². The lowest BCUT2D eigenvalue weighted by molar-refractivity contribution is -0.140. The standard InChI is InChI=1S/C10H8ClF3O2/c1-16-10(15)7(11)3-5-2-6(12)4-8(13)9(5)14/h2,4,7H,3H2,1H3. The van der Waals surface area contributed by atoms with E-state index in [1.165, 1.54) is 0 Å². The van der Waals surface area contributed by atoms with E-state index >= 15 is 0 Å². The summed E-state index contributed by atoms with van der Waals surface area (Å²) < 4.78 is 43.0. The molecular formula is C10H8ClF3O2. The van der Waals surface area contributed by atoms with Crippen molar-refractivity contribution < 1.29 is 22.7 Å². The Morgan fingerprint density at radius 1 is 1.44 bits per heavy atom. The normalized spacial score (nSPS) is 12.3. The molecule has 0 aliphatic heterocycles. The average molecular weight is 253 g/mol. The summed E-state index contributed by atoms with van der Waals surface area (Å²) >= 11 is 5.56. The predicted molar refractivity (Wildman–Crippen MR) is 51.7 cm³/mol. The number of hydrogen-bond donors (Lipinski definition) is 0. The first-order valence-corrected chi connectivity index (χ1v) is 4.74. The number of hydrogen-bond acceptors (Lipinski definition) is 2. The van der Waals surface area contributed by atoms with E-state index < -0.39 is 28.8 Å². The Balaban J connectivity index is 2.93. The minimum absolute atomic E-state index is 0.303. The quantitative estimate of drug-likeness (QED) is 0.469. The molecule has 2 nitrogen and oxygen atoms in total. The first-order valence-electron chi connectivity index (χ1n) is 4.31. The van der Waals surface area contributed by atoms with E-state index in [4.69, 9.17) is 11.6 Å². The molecule has 16 heavy (non-hydrogen) atoms. The molecule has 0 saturated carbocycles. The first-order chi connectivity index (χ1) is 7.45. The van der Waals surface area contributed by atoms with Crippen LogP contribution in [-0.4, -0.2) is 18.5 Å². The zero-order chi connectivity index (χ0) is 12.3. The molecule has 1 aromatic rings. The monoisotopic (exact) mass is 252 g/mol. The lowest BCUT2D eigenvalue weighted by Gasteiger charge is -2.08. The Morgan fingerprint density at radius 2 is 2.06 bits per heavy atom. The van der Waals surface area contributed by atoms with Crippen molar-refractivity contribution >= 4 is 17.6 Å². The van der Waals surface area contributed by atoms with Crippen LogP contribution in [-0.2, 0) is 16.0 Å². The van der Waals surface area contributed by atoms with E-state index in [2.05, 4.69) is 4.74 Å². The van der Waals surface area contributed by atoms with E-state index in [9.17, 15) is 18.0 Å². The summed E-state index contributed by atoms with van der Waals surface area (Å²) in [5.74, 6) is -4.24. The number of esters is 1. The van der Waals surface area contributed by atoms with Gasteiger partial charge in [-0.15, -0.1) is 11.6 Å². The first kappa shape index (κ1) is 12.8. The van der Waals surface area contributed by atoms with E-state index in [1.54, 1.807) is 0 Å². The molecule has 0 fully saturated rings. The van der Waals surface area contributed by atoms with Crippen LogP contribution in [0.1, 0.15) is 5.56 Å². The van der Waals surface area contributed by atoms with Gasteiger partial charge in [-0.2, -0.15) is 0 Å². The van der Waals surface area contributed by atoms with Gasteiger partial charge in [-0.05, 0) is 11.6 Å². The fourth-order valence-electron chi connectivity index (χ4n) is 1.16. The molecular weight excluding hydrogens is 245 g/mol. The van der Waals surface area contributed by atoms with Crippen LogP contribution in [0.3, 0.4) is 0 Å². The van der Waals surface area contributed by atoms with Crippen molar-refractivity contribution in [2.45, 2.75) is 11.8 Å². The van der Waals surface area contributed by atoms with Gasteiger partial charge in [0.25, 0.3) is 0 Å². The van der Waals surface area contributed by atoms with Crippen molar-refractivity contribution in [2.24, 2.45) is 0 Å². The molecule has 0 radical (unpaired) electrons. The van der Waals surface area contributed by atoms with Crippen LogP contribution in [0.25, 0.3) is 0 Å². The van der Waals surface area contributed by atoms with E-state index in [-0.39, 0.29) is 12.0 Å². The molecule has 1 unspecified atom stereocenters. The van der Waals surface area contributed by atoms with E-state index in [1.807, 2.05) is 0 Å². The maximum Gasteiger partial charge on any atom is 0.324 e. The average Bonchev–Trinajstić information content (AvgIpc) is 2.23. The summed E-state index contributed by atoms with van der Waals surface area (Å²) in [5, 5.41) is -1.18. The number of ether oxygens (including phenoxy) is 1. The Hall–Kier alpha value is -1.23. The van der Waals surface area contributed by atoms with Gasteiger partial charge in [-0.25, -0.2) is 13.2 Å². The number of methoxy groups -OCH3 is 1.